The summed E-state index contributed by atoms with van der Waals surface area (Å²) < 4.78 is 0. The van der Waals surface area contributed by atoms with Crippen molar-refractivity contribution in [3.8, 4) is 0 Å². The molecule has 1 atom stereocenters. The molecule has 0 radical (unpaired) electrons. The number of aliphatic hydroxyl groups excluding tert-OH is 1. The molecule has 1 aromatic rings. The van der Waals surface area contributed by atoms with E-state index in [1.807, 2.05) is 11.9 Å². The number of aromatic nitrogens is 2. The molecule has 0 spiro atoms. The first-order valence-electron chi connectivity index (χ1n) is 4.93. The van der Waals surface area contributed by atoms with Gasteiger partial charge in [-0.15, -0.1) is 0 Å². The van der Waals surface area contributed by atoms with Gasteiger partial charge < -0.3 is 10.0 Å². The molecule has 4 nitrogen and oxygen atoms in total. The first-order valence-corrected chi connectivity index (χ1v) is 6.71. The van der Waals surface area contributed by atoms with Crippen molar-refractivity contribution in [2.45, 2.75) is 19.6 Å². The van der Waals surface area contributed by atoms with Crippen molar-refractivity contribution in [1.29, 1.82) is 0 Å². The minimum atomic E-state index is -0.147. The Bertz CT molecular complexity index is 351. The average molecular weight is 262 g/mol. The molecule has 0 aliphatic heterocycles. The van der Waals surface area contributed by atoms with Crippen LogP contribution >= 0.6 is 23.4 Å². The van der Waals surface area contributed by atoms with Crippen LogP contribution < -0.4 is 4.90 Å². The highest BCUT2D eigenvalue weighted by Gasteiger charge is 2.16. The average Bonchev–Trinajstić information content (AvgIpc) is 2.28. The Morgan fingerprint density at radius 1 is 1.56 bits per heavy atom. The van der Waals surface area contributed by atoms with Gasteiger partial charge in [0.2, 0.25) is 0 Å². The van der Waals surface area contributed by atoms with E-state index in [2.05, 4.69) is 23.1 Å². The van der Waals surface area contributed by atoms with Crippen molar-refractivity contribution < 1.29 is 5.11 Å². The Morgan fingerprint density at radius 3 is 2.81 bits per heavy atom. The van der Waals surface area contributed by atoms with E-state index < -0.39 is 0 Å². The number of aliphatic hydroxyl groups is 1. The maximum Gasteiger partial charge on any atom is 0.140 e. The first kappa shape index (κ1) is 13.5. The normalized spacial score (nSPS) is 12.6. The van der Waals surface area contributed by atoms with Crippen molar-refractivity contribution in [2.75, 3.05) is 24.0 Å². The third kappa shape index (κ3) is 2.99. The van der Waals surface area contributed by atoms with E-state index in [1.165, 1.54) is 6.33 Å². The van der Waals surface area contributed by atoms with Crippen LogP contribution in [-0.4, -0.2) is 40.2 Å². The van der Waals surface area contributed by atoms with Crippen LogP contribution in [0.1, 0.15) is 12.5 Å². The highest BCUT2D eigenvalue weighted by atomic mass is 35.5. The number of thioether (sulfide) groups is 1. The Labute approximate surface area is 105 Å². The molecule has 1 rings (SSSR count). The molecule has 0 saturated carbocycles. The molecule has 16 heavy (non-hydrogen) atoms. The van der Waals surface area contributed by atoms with Crippen molar-refractivity contribution in [1.82, 2.24) is 9.97 Å². The van der Waals surface area contributed by atoms with Crippen LogP contribution in [0, 0.1) is 0 Å². The zero-order chi connectivity index (χ0) is 12.1. The van der Waals surface area contributed by atoms with Crippen molar-refractivity contribution >= 4 is 29.2 Å². The minimum Gasteiger partial charge on any atom is -0.391 e. The second-order valence-corrected chi connectivity index (χ2v) is 4.81. The van der Waals surface area contributed by atoms with Crippen LogP contribution in [-0.2, 0) is 6.61 Å². The topological polar surface area (TPSA) is 49.2 Å². The van der Waals surface area contributed by atoms with E-state index >= 15 is 0 Å². The second-order valence-electron chi connectivity index (χ2n) is 3.54. The van der Waals surface area contributed by atoms with E-state index in [1.54, 1.807) is 11.8 Å². The molecular formula is C10H16ClN3OS. The predicted molar refractivity (Wildman–Crippen MR) is 69.2 cm³/mol. The quantitative estimate of drug-likeness (QED) is 0.820. The van der Waals surface area contributed by atoms with E-state index in [0.717, 1.165) is 5.75 Å². The highest BCUT2D eigenvalue weighted by Crippen LogP contribution is 2.24. The van der Waals surface area contributed by atoms with Crippen LogP contribution in [0.2, 0.25) is 5.15 Å². The fraction of sp³-hybridized carbons (Fsp3) is 0.600. The number of rotatable bonds is 5. The summed E-state index contributed by atoms with van der Waals surface area (Å²) in [5.74, 6) is 1.69. The van der Waals surface area contributed by atoms with Gasteiger partial charge in [-0.1, -0.05) is 11.6 Å². The van der Waals surface area contributed by atoms with Gasteiger partial charge in [0.05, 0.1) is 12.2 Å². The highest BCUT2D eigenvalue weighted by molar-refractivity contribution is 7.98. The van der Waals surface area contributed by atoms with Gasteiger partial charge in [-0.3, -0.25) is 0 Å². The molecule has 0 aliphatic carbocycles. The molecular weight excluding hydrogens is 246 g/mol. The molecule has 1 unspecified atom stereocenters. The molecule has 0 amide bonds. The van der Waals surface area contributed by atoms with Gasteiger partial charge in [-0.25, -0.2) is 9.97 Å². The fourth-order valence-corrected chi connectivity index (χ4v) is 2.28. The lowest BCUT2D eigenvalue weighted by atomic mass is 10.2. The van der Waals surface area contributed by atoms with Crippen LogP contribution in [0.3, 0.4) is 0 Å². The summed E-state index contributed by atoms with van der Waals surface area (Å²) in [5.41, 5.74) is 0.583. The molecule has 1 aromatic heterocycles. The first-order chi connectivity index (χ1) is 7.61. The molecule has 0 aliphatic rings. The maximum absolute atomic E-state index is 9.26. The lowest BCUT2D eigenvalue weighted by Crippen LogP contribution is -2.32. The molecule has 0 saturated heterocycles. The predicted octanol–water partition coefficient (Wildman–Crippen LogP) is 1.81. The summed E-state index contributed by atoms with van der Waals surface area (Å²) in [6, 6.07) is 0.325. The zero-order valence-corrected chi connectivity index (χ0v) is 11.2. The summed E-state index contributed by atoms with van der Waals surface area (Å²) in [4.78, 5) is 10.0. The van der Waals surface area contributed by atoms with Gasteiger partial charge in [-0.2, -0.15) is 11.8 Å². The number of hydrogen-bond donors (Lipinski definition) is 1. The van der Waals surface area contributed by atoms with Crippen LogP contribution in [0.4, 0.5) is 5.82 Å². The van der Waals surface area contributed by atoms with Gasteiger partial charge in [-0.05, 0) is 13.2 Å². The molecule has 6 heteroatoms. The zero-order valence-electron chi connectivity index (χ0n) is 9.64. The van der Waals surface area contributed by atoms with Crippen molar-refractivity contribution in [2.24, 2.45) is 0 Å². The Balaban J connectivity index is 2.98. The van der Waals surface area contributed by atoms with Crippen LogP contribution in [0.15, 0.2) is 6.33 Å². The van der Waals surface area contributed by atoms with E-state index in [9.17, 15) is 5.11 Å². The van der Waals surface area contributed by atoms with Crippen LogP contribution in [0.5, 0.6) is 0 Å². The van der Waals surface area contributed by atoms with Crippen molar-refractivity contribution in [3.63, 3.8) is 0 Å². The number of hydrogen-bond acceptors (Lipinski definition) is 5. The lowest BCUT2D eigenvalue weighted by molar-refractivity contribution is 0.281. The molecule has 1 heterocycles. The number of anilines is 1. The van der Waals surface area contributed by atoms with Gasteiger partial charge in [0.15, 0.2) is 0 Å². The Hall–Kier alpha value is -0.520. The van der Waals surface area contributed by atoms with E-state index in [-0.39, 0.29) is 6.61 Å². The Morgan fingerprint density at radius 2 is 2.25 bits per heavy atom. The van der Waals surface area contributed by atoms with Gasteiger partial charge in [0.25, 0.3) is 0 Å². The molecule has 0 bridgehead atoms. The van der Waals surface area contributed by atoms with Gasteiger partial charge in [0.1, 0.15) is 17.3 Å². The number of halogens is 1. The lowest BCUT2D eigenvalue weighted by Gasteiger charge is -2.27. The smallest absolute Gasteiger partial charge is 0.140 e. The maximum atomic E-state index is 9.26. The standard InChI is InChI=1S/C10H16ClN3OS/c1-7(5-16-3)14(2)10-8(4-15)9(11)12-6-13-10/h6-7,15H,4-5H2,1-3H3. The summed E-state index contributed by atoms with van der Waals surface area (Å²) in [7, 11) is 1.94. The summed E-state index contributed by atoms with van der Waals surface area (Å²) >= 11 is 7.68. The third-order valence-corrected chi connectivity index (χ3v) is 3.57. The van der Waals surface area contributed by atoms with E-state index in [4.69, 9.17) is 11.6 Å². The monoisotopic (exact) mass is 261 g/mol. The molecule has 1 N–H and O–H groups in total. The SMILES string of the molecule is CSCC(C)N(C)c1ncnc(Cl)c1CO. The van der Waals surface area contributed by atoms with Gasteiger partial charge >= 0.3 is 0 Å². The minimum absolute atomic E-state index is 0.147. The largest absolute Gasteiger partial charge is 0.391 e. The van der Waals surface area contributed by atoms with Crippen molar-refractivity contribution in [3.05, 3.63) is 17.0 Å². The molecule has 90 valence electrons. The molecule has 0 fully saturated rings. The van der Waals surface area contributed by atoms with E-state index in [0.29, 0.717) is 22.6 Å². The summed E-state index contributed by atoms with van der Waals surface area (Å²) in [6.07, 6.45) is 3.48. The Kier molecular flexibility index (Phi) is 5.31. The summed E-state index contributed by atoms with van der Waals surface area (Å²) in [6.45, 7) is 1.96. The third-order valence-electron chi connectivity index (χ3n) is 2.43. The van der Waals surface area contributed by atoms with Crippen LogP contribution in [0.25, 0.3) is 0 Å². The fourth-order valence-electron chi connectivity index (χ4n) is 1.38. The second kappa shape index (κ2) is 6.27. The molecule has 0 aromatic carbocycles. The summed E-state index contributed by atoms with van der Waals surface area (Å²) in [5, 5.41) is 9.58. The van der Waals surface area contributed by atoms with Gasteiger partial charge in [0, 0.05) is 18.8 Å². The number of nitrogens with zero attached hydrogens (tertiary/aromatic N) is 3.